The van der Waals surface area contributed by atoms with Crippen LogP contribution < -0.4 is 5.32 Å². The second-order valence-electron chi connectivity index (χ2n) is 4.20. The first-order chi connectivity index (χ1) is 10.3. The number of aliphatic hydroxyl groups excluding tert-OH is 1. The number of nitrogens with zero attached hydrogens (tertiary/aromatic N) is 2. The van der Waals surface area contributed by atoms with Crippen LogP contribution in [0.4, 0.5) is 5.69 Å². The molecule has 0 radical (unpaired) electrons. The topological polar surface area (TPSA) is 101 Å². The molecule has 0 saturated heterocycles. The second kappa shape index (κ2) is 5.59. The molecule has 0 atom stereocenters. The lowest BCUT2D eigenvalue weighted by atomic mass is 10.2. The van der Waals surface area contributed by atoms with Gasteiger partial charge in [-0.05, 0) is 18.2 Å². The fraction of sp³-hybridized carbons (Fsp3) is 0.0714. The molecule has 2 N–H and O–H groups in total. The van der Waals surface area contributed by atoms with Crippen molar-refractivity contribution in [1.29, 1.82) is 0 Å². The van der Waals surface area contributed by atoms with Crippen LogP contribution in [0.1, 0.15) is 16.1 Å². The summed E-state index contributed by atoms with van der Waals surface area (Å²) < 4.78 is 10.2. The first-order valence-corrected chi connectivity index (χ1v) is 6.13. The maximum atomic E-state index is 12.1. The van der Waals surface area contributed by atoms with Crippen molar-refractivity contribution in [3.63, 3.8) is 0 Å². The normalized spacial score (nSPS) is 10.5. The summed E-state index contributed by atoms with van der Waals surface area (Å²) in [5.41, 5.74) is 1.09. The van der Waals surface area contributed by atoms with Crippen LogP contribution in [0.5, 0.6) is 0 Å². The van der Waals surface area contributed by atoms with Crippen LogP contribution >= 0.6 is 0 Å². The van der Waals surface area contributed by atoms with E-state index < -0.39 is 5.91 Å². The minimum atomic E-state index is -0.459. The third-order valence-electron chi connectivity index (χ3n) is 2.84. The van der Waals surface area contributed by atoms with E-state index in [-0.39, 0.29) is 12.3 Å². The number of rotatable bonds is 4. The predicted molar refractivity (Wildman–Crippen MR) is 72.3 cm³/mol. The Hall–Kier alpha value is -2.93. The van der Waals surface area contributed by atoms with Crippen LogP contribution in [0, 0.1) is 0 Å². The highest BCUT2D eigenvalue weighted by Crippen LogP contribution is 2.21. The summed E-state index contributed by atoms with van der Waals surface area (Å²) in [4.78, 5) is 16.0. The first kappa shape index (κ1) is 13.1. The minimum absolute atomic E-state index is 0.106. The number of furan rings is 1. The Balaban J connectivity index is 1.80. The molecule has 0 unspecified atom stereocenters. The molecule has 7 heteroatoms. The standard InChI is InChI=1S/C14H11N3O4/c18-8-9-3-4-15-7-11(9)16-14(19)10-6-13(21-17-10)12-2-1-5-20-12/h1-7,18H,8H2,(H,16,19). The zero-order chi connectivity index (χ0) is 14.7. The summed E-state index contributed by atoms with van der Waals surface area (Å²) in [6.07, 6.45) is 4.49. The van der Waals surface area contributed by atoms with Crippen LogP contribution in [0.3, 0.4) is 0 Å². The van der Waals surface area contributed by atoms with Gasteiger partial charge in [-0.3, -0.25) is 9.78 Å². The van der Waals surface area contributed by atoms with Crippen molar-refractivity contribution in [2.45, 2.75) is 6.61 Å². The SMILES string of the molecule is O=C(Nc1cnccc1CO)c1cc(-c2ccco2)on1. The number of amides is 1. The number of pyridine rings is 1. The molecule has 3 aromatic rings. The lowest BCUT2D eigenvalue weighted by Gasteiger charge is -2.06. The Morgan fingerprint density at radius 3 is 3.00 bits per heavy atom. The number of aromatic nitrogens is 2. The van der Waals surface area contributed by atoms with Crippen LogP contribution in [0.2, 0.25) is 0 Å². The molecule has 3 aromatic heterocycles. The Bertz CT molecular complexity index is 749. The van der Waals surface area contributed by atoms with Gasteiger partial charge in [-0.15, -0.1) is 0 Å². The van der Waals surface area contributed by atoms with Gasteiger partial charge in [0.15, 0.2) is 11.5 Å². The molecule has 3 heterocycles. The van der Waals surface area contributed by atoms with Gasteiger partial charge in [0.25, 0.3) is 5.91 Å². The van der Waals surface area contributed by atoms with Crippen LogP contribution in [-0.2, 0) is 6.61 Å². The van der Waals surface area contributed by atoms with E-state index in [1.807, 2.05) is 0 Å². The van der Waals surface area contributed by atoms with Crippen LogP contribution in [0.15, 0.2) is 51.9 Å². The molecular weight excluding hydrogens is 274 g/mol. The average molecular weight is 285 g/mol. The Kier molecular flexibility index (Phi) is 3.48. The van der Waals surface area contributed by atoms with Gasteiger partial charge in [-0.25, -0.2) is 0 Å². The fourth-order valence-electron chi connectivity index (χ4n) is 1.78. The van der Waals surface area contributed by atoms with Crippen molar-refractivity contribution < 1.29 is 18.8 Å². The fourth-order valence-corrected chi connectivity index (χ4v) is 1.78. The van der Waals surface area contributed by atoms with Gasteiger partial charge < -0.3 is 19.4 Å². The summed E-state index contributed by atoms with van der Waals surface area (Å²) >= 11 is 0. The maximum absolute atomic E-state index is 12.1. The first-order valence-electron chi connectivity index (χ1n) is 6.13. The summed E-state index contributed by atoms with van der Waals surface area (Å²) in [6, 6.07) is 6.50. The van der Waals surface area contributed by atoms with Crippen LogP contribution in [0.25, 0.3) is 11.5 Å². The van der Waals surface area contributed by atoms with Gasteiger partial charge >= 0.3 is 0 Å². The molecule has 0 aliphatic heterocycles. The van der Waals surface area contributed by atoms with Gasteiger partial charge in [0, 0.05) is 17.8 Å². The summed E-state index contributed by atoms with van der Waals surface area (Å²) in [5, 5.41) is 15.5. The van der Waals surface area contributed by atoms with Crippen molar-refractivity contribution in [3.8, 4) is 11.5 Å². The number of hydrogen-bond acceptors (Lipinski definition) is 6. The van der Waals surface area contributed by atoms with Crippen LogP contribution in [-0.4, -0.2) is 21.2 Å². The van der Waals surface area contributed by atoms with E-state index in [4.69, 9.17) is 8.94 Å². The number of aliphatic hydroxyl groups is 1. The smallest absolute Gasteiger partial charge is 0.277 e. The number of carbonyl (C=O) groups is 1. The van der Waals surface area contributed by atoms with E-state index in [1.165, 1.54) is 24.7 Å². The third-order valence-corrected chi connectivity index (χ3v) is 2.84. The van der Waals surface area contributed by atoms with E-state index in [1.54, 1.807) is 18.2 Å². The predicted octanol–water partition coefficient (Wildman–Crippen LogP) is 2.07. The highest BCUT2D eigenvalue weighted by atomic mass is 16.5. The number of anilines is 1. The Morgan fingerprint density at radius 2 is 2.24 bits per heavy atom. The maximum Gasteiger partial charge on any atom is 0.277 e. The second-order valence-corrected chi connectivity index (χ2v) is 4.20. The summed E-state index contributed by atoms with van der Waals surface area (Å²) in [6.45, 7) is -0.200. The molecule has 1 amide bonds. The molecule has 0 aliphatic carbocycles. The molecule has 0 aromatic carbocycles. The highest BCUT2D eigenvalue weighted by Gasteiger charge is 2.16. The largest absolute Gasteiger partial charge is 0.461 e. The molecule has 0 bridgehead atoms. The molecule has 3 rings (SSSR count). The quantitative estimate of drug-likeness (QED) is 0.761. The van der Waals surface area contributed by atoms with Crippen molar-refractivity contribution >= 4 is 11.6 Å². The summed E-state index contributed by atoms with van der Waals surface area (Å²) in [7, 11) is 0. The zero-order valence-corrected chi connectivity index (χ0v) is 10.8. The lowest BCUT2D eigenvalue weighted by Crippen LogP contribution is -2.13. The van der Waals surface area contributed by atoms with Gasteiger partial charge in [-0.2, -0.15) is 0 Å². The Morgan fingerprint density at radius 1 is 1.33 bits per heavy atom. The van der Waals surface area contributed by atoms with E-state index in [9.17, 15) is 9.90 Å². The van der Waals surface area contributed by atoms with Gasteiger partial charge in [0.2, 0.25) is 5.76 Å². The van der Waals surface area contributed by atoms with Crippen molar-refractivity contribution in [3.05, 3.63) is 54.2 Å². The van der Waals surface area contributed by atoms with E-state index in [2.05, 4.69) is 15.5 Å². The molecule has 0 spiro atoms. The Labute approximate surface area is 119 Å². The monoisotopic (exact) mass is 285 g/mol. The minimum Gasteiger partial charge on any atom is -0.461 e. The molecule has 21 heavy (non-hydrogen) atoms. The number of hydrogen-bond donors (Lipinski definition) is 2. The average Bonchev–Trinajstić information content (AvgIpc) is 3.18. The van der Waals surface area contributed by atoms with Crippen molar-refractivity contribution in [1.82, 2.24) is 10.1 Å². The molecule has 0 aliphatic rings. The molecule has 0 saturated carbocycles. The van der Waals surface area contributed by atoms with Crippen molar-refractivity contribution in [2.75, 3.05) is 5.32 Å². The molecule has 106 valence electrons. The van der Waals surface area contributed by atoms with Gasteiger partial charge in [0.05, 0.1) is 24.8 Å². The third kappa shape index (κ3) is 2.67. The molecule has 0 fully saturated rings. The van der Waals surface area contributed by atoms with E-state index >= 15 is 0 Å². The molecular formula is C14H11N3O4. The summed E-state index contributed by atoms with van der Waals surface area (Å²) in [5.74, 6) is 0.386. The van der Waals surface area contributed by atoms with E-state index in [0.29, 0.717) is 22.8 Å². The zero-order valence-electron chi connectivity index (χ0n) is 10.8. The lowest BCUT2D eigenvalue weighted by molar-refractivity contribution is 0.101. The highest BCUT2D eigenvalue weighted by molar-refractivity contribution is 6.03. The molecule has 7 nitrogen and oxygen atoms in total. The number of carbonyl (C=O) groups excluding carboxylic acids is 1. The van der Waals surface area contributed by atoms with E-state index in [0.717, 1.165) is 0 Å². The van der Waals surface area contributed by atoms with Gasteiger partial charge in [0.1, 0.15) is 0 Å². The van der Waals surface area contributed by atoms with Gasteiger partial charge in [-0.1, -0.05) is 5.16 Å². The number of nitrogens with one attached hydrogen (secondary N) is 1. The van der Waals surface area contributed by atoms with Crippen molar-refractivity contribution in [2.24, 2.45) is 0 Å².